The number of nitro groups is 1. The Kier molecular flexibility index (Phi) is 4.21. The second-order valence-electron chi connectivity index (χ2n) is 4.86. The van der Waals surface area contributed by atoms with Crippen LogP contribution in [0.4, 0.5) is 10.5 Å². The summed E-state index contributed by atoms with van der Waals surface area (Å²) in [5, 5.41) is 10.9. The molecular weight excluding hydrogens is 276 g/mol. The van der Waals surface area contributed by atoms with Crippen molar-refractivity contribution in [3.05, 3.63) is 39.4 Å². The Hall–Kier alpha value is -2.44. The van der Waals surface area contributed by atoms with Crippen LogP contribution < -0.4 is 0 Å². The zero-order chi connectivity index (χ0) is 15.6. The van der Waals surface area contributed by atoms with Gasteiger partial charge in [-0.2, -0.15) is 0 Å². The Labute approximate surface area is 121 Å². The summed E-state index contributed by atoms with van der Waals surface area (Å²) >= 11 is 0. The summed E-state index contributed by atoms with van der Waals surface area (Å²) in [6.45, 7) is 3.42. The summed E-state index contributed by atoms with van der Waals surface area (Å²) in [6.07, 6.45) is 0.769. The third kappa shape index (κ3) is 3.18. The lowest BCUT2D eigenvalue weighted by Gasteiger charge is -2.19. The lowest BCUT2D eigenvalue weighted by Crippen LogP contribution is -2.39. The van der Waals surface area contributed by atoms with E-state index >= 15 is 0 Å². The Morgan fingerprint density at radius 3 is 2.62 bits per heavy atom. The van der Waals surface area contributed by atoms with Crippen molar-refractivity contribution in [2.24, 2.45) is 0 Å². The van der Waals surface area contributed by atoms with Crippen molar-refractivity contribution >= 4 is 17.7 Å². The number of aryl methyl sites for hydroxylation is 1. The van der Waals surface area contributed by atoms with Crippen molar-refractivity contribution in [2.75, 3.05) is 6.61 Å². The fourth-order valence-electron chi connectivity index (χ4n) is 2.00. The van der Waals surface area contributed by atoms with E-state index in [1.807, 2.05) is 0 Å². The lowest BCUT2D eigenvalue weighted by molar-refractivity contribution is -0.385. The van der Waals surface area contributed by atoms with Crippen molar-refractivity contribution in [2.45, 2.75) is 32.7 Å². The number of imide groups is 1. The molecule has 21 heavy (non-hydrogen) atoms. The predicted octanol–water partition coefficient (Wildman–Crippen LogP) is 2.66. The maximum Gasteiger partial charge on any atom is 0.417 e. The Balaban J connectivity index is 2.31. The molecule has 1 fully saturated rings. The molecule has 0 unspecified atom stereocenters. The van der Waals surface area contributed by atoms with Crippen molar-refractivity contribution in [3.63, 3.8) is 0 Å². The van der Waals surface area contributed by atoms with E-state index in [-0.39, 0.29) is 23.9 Å². The molecule has 0 N–H and O–H groups in total. The van der Waals surface area contributed by atoms with Crippen LogP contribution in [0, 0.1) is 17.0 Å². The topological polar surface area (TPSA) is 89.8 Å². The molecule has 2 amide bonds. The first-order valence-electron chi connectivity index (χ1n) is 6.71. The molecule has 0 aromatic heterocycles. The fourth-order valence-corrected chi connectivity index (χ4v) is 2.00. The van der Waals surface area contributed by atoms with Crippen molar-refractivity contribution in [1.29, 1.82) is 0 Å². The van der Waals surface area contributed by atoms with E-state index in [1.165, 1.54) is 18.2 Å². The Bertz CT molecular complexity index is 595. The molecule has 1 aliphatic rings. The van der Waals surface area contributed by atoms with Crippen LogP contribution in [-0.4, -0.2) is 34.5 Å². The van der Waals surface area contributed by atoms with Crippen LogP contribution in [0.5, 0.6) is 0 Å². The maximum atomic E-state index is 12.4. The Morgan fingerprint density at radius 2 is 2.10 bits per heavy atom. The number of hydrogen-bond acceptors (Lipinski definition) is 5. The molecule has 7 nitrogen and oxygen atoms in total. The second kappa shape index (κ2) is 5.90. The van der Waals surface area contributed by atoms with Gasteiger partial charge in [0.2, 0.25) is 0 Å². The number of amides is 2. The van der Waals surface area contributed by atoms with E-state index in [0.29, 0.717) is 5.56 Å². The molecule has 0 saturated heterocycles. The number of nitrogens with zero attached hydrogens (tertiary/aromatic N) is 2. The van der Waals surface area contributed by atoms with Crippen LogP contribution in [-0.2, 0) is 4.74 Å². The van der Waals surface area contributed by atoms with Gasteiger partial charge in [-0.15, -0.1) is 0 Å². The molecule has 0 spiro atoms. The summed E-state index contributed by atoms with van der Waals surface area (Å²) in [7, 11) is 0. The molecule has 1 saturated carbocycles. The summed E-state index contributed by atoms with van der Waals surface area (Å²) in [5.41, 5.74) is 0.443. The molecule has 1 aliphatic carbocycles. The van der Waals surface area contributed by atoms with Crippen molar-refractivity contribution < 1.29 is 19.2 Å². The normalized spacial score (nSPS) is 13.6. The molecule has 0 heterocycles. The smallest absolute Gasteiger partial charge is 0.417 e. The van der Waals surface area contributed by atoms with Crippen LogP contribution in [0.3, 0.4) is 0 Å². The third-order valence-corrected chi connectivity index (χ3v) is 3.25. The van der Waals surface area contributed by atoms with Gasteiger partial charge in [0, 0.05) is 23.2 Å². The number of carbonyl (C=O) groups is 2. The summed E-state index contributed by atoms with van der Waals surface area (Å²) in [4.78, 5) is 35.8. The highest BCUT2D eigenvalue weighted by Crippen LogP contribution is 2.30. The summed E-state index contributed by atoms with van der Waals surface area (Å²) in [5.74, 6) is -0.556. The van der Waals surface area contributed by atoms with E-state index in [9.17, 15) is 19.7 Å². The van der Waals surface area contributed by atoms with Gasteiger partial charge >= 0.3 is 6.09 Å². The molecule has 7 heteroatoms. The molecule has 2 rings (SSSR count). The van der Waals surface area contributed by atoms with Crippen LogP contribution in [0.25, 0.3) is 0 Å². The SMILES string of the molecule is CCOC(=O)N(C(=O)c1ccc(C)c([N+](=O)[O-])c1)C1CC1. The van der Waals surface area contributed by atoms with Crippen LogP contribution in [0.15, 0.2) is 18.2 Å². The molecule has 0 radical (unpaired) electrons. The average Bonchev–Trinajstić information content (AvgIpc) is 3.24. The van der Waals surface area contributed by atoms with Gasteiger partial charge in [-0.05, 0) is 32.8 Å². The monoisotopic (exact) mass is 292 g/mol. The molecule has 0 atom stereocenters. The zero-order valence-corrected chi connectivity index (χ0v) is 11.9. The van der Waals surface area contributed by atoms with Gasteiger partial charge in [-0.25, -0.2) is 9.69 Å². The van der Waals surface area contributed by atoms with Crippen molar-refractivity contribution in [1.82, 2.24) is 4.90 Å². The highest BCUT2D eigenvalue weighted by Gasteiger charge is 2.39. The van der Waals surface area contributed by atoms with Gasteiger partial charge in [0.1, 0.15) is 0 Å². The minimum Gasteiger partial charge on any atom is -0.449 e. The maximum absolute atomic E-state index is 12.4. The quantitative estimate of drug-likeness (QED) is 0.628. The highest BCUT2D eigenvalue weighted by molar-refractivity contribution is 6.03. The molecule has 0 bridgehead atoms. The summed E-state index contributed by atoms with van der Waals surface area (Å²) in [6, 6.07) is 4.02. The second-order valence-corrected chi connectivity index (χ2v) is 4.86. The summed E-state index contributed by atoms with van der Waals surface area (Å²) < 4.78 is 4.88. The van der Waals surface area contributed by atoms with E-state index in [1.54, 1.807) is 13.8 Å². The molecule has 1 aromatic carbocycles. The van der Waals surface area contributed by atoms with Gasteiger partial charge in [0.25, 0.3) is 11.6 Å². The lowest BCUT2D eigenvalue weighted by atomic mass is 10.1. The van der Waals surface area contributed by atoms with Gasteiger partial charge in [-0.3, -0.25) is 14.9 Å². The minimum absolute atomic E-state index is 0.118. The first kappa shape index (κ1) is 15.0. The number of hydrogen-bond donors (Lipinski definition) is 0. The van der Waals surface area contributed by atoms with Crippen LogP contribution in [0.1, 0.15) is 35.7 Å². The van der Waals surface area contributed by atoms with Gasteiger partial charge < -0.3 is 4.74 Å². The molecule has 1 aromatic rings. The third-order valence-electron chi connectivity index (χ3n) is 3.25. The van der Waals surface area contributed by atoms with Gasteiger partial charge in [0.05, 0.1) is 11.5 Å². The Morgan fingerprint density at radius 1 is 1.43 bits per heavy atom. The first-order valence-corrected chi connectivity index (χ1v) is 6.71. The van der Waals surface area contributed by atoms with E-state index in [0.717, 1.165) is 17.7 Å². The largest absolute Gasteiger partial charge is 0.449 e. The van der Waals surface area contributed by atoms with Gasteiger partial charge in [-0.1, -0.05) is 6.07 Å². The number of nitro benzene ring substituents is 1. The molecule has 0 aliphatic heterocycles. The van der Waals surface area contributed by atoms with Gasteiger partial charge in [0.15, 0.2) is 0 Å². The van der Waals surface area contributed by atoms with E-state index < -0.39 is 16.9 Å². The predicted molar refractivity (Wildman–Crippen MR) is 74.0 cm³/mol. The van der Waals surface area contributed by atoms with E-state index in [2.05, 4.69) is 0 Å². The molecule has 112 valence electrons. The minimum atomic E-state index is -0.701. The van der Waals surface area contributed by atoms with E-state index in [4.69, 9.17) is 4.74 Å². The fraction of sp³-hybridized carbons (Fsp3) is 0.429. The highest BCUT2D eigenvalue weighted by atomic mass is 16.6. The zero-order valence-electron chi connectivity index (χ0n) is 11.9. The van der Waals surface area contributed by atoms with Crippen molar-refractivity contribution in [3.8, 4) is 0 Å². The number of benzene rings is 1. The van der Waals surface area contributed by atoms with Crippen LogP contribution >= 0.6 is 0 Å². The van der Waals surface area contributed by atoms with Crippen LogP contribution in [0.2, 0.25) is 0 Å². The number of carbonyl (C=O) groups excluding carboxylic acids is 2. The average molecular weight is 292 g/mol. The molecular formula is C14H16N2O5. The number of ether oxygens (including phenoxy) is 1. The standard InChI is InChI=1S/C14H16N2O5/c1-3-21-14(18)15(11-6-7-11)13(17)10-5-4-9(2)12(8-10)16(19)20/h4-5,8,11H,3,6-7H2,1-2H3. The first-order chi connectivity index (χ1) is 9.95. The number of rotatable bonds is 4.